The molecular weight excluding hydrogens is 308 g/mol. The SMILES string of the molecule is CC(C)C(=O)c1ccc2c(c1)CCN(CC1CCC(CN)CC1)CC2. The van der Waals surface area contributed by atoms with Gasteiger partial charge in [-0.15, -0.1) is 0 Å². The lowest BCUT2D eigenvalue weighted by molar-refractivity contribution is 0.0939. The highest BCUT2D eigenvalue weighted by atomic mass is 16.1. The van der Waals surface area contributed by atoms with E-state index in [1.54, 1.807) is 0 Å². The molecule has 0 bridgehead atoms. The number of nitrogens with zero attached hydrogens (tertiary/aromatic N) is 1. The number of hydrogen-bond acceptors (Lipinski definition) is 3. The summed E-state index contributed by atoms with van der Waals surface area (Å²) in [7, 11) is 0. The Hall–Kier alpha value is -1.19. The van der Waals surface area contributed by atoms with Gasteiger partial charge in [-0.25, -0.2) is 0 Å². The van der Waals surface area contributed by atoms with Crippen LogP contribution in [-0.2, 0) is 12.8 Å². The molecular formula is C22H34N2O. The highest BCUT2D eigenvalue weighted by molar-refractivity contribution is 5.97. The average molecular weight is 343 g/mol. The molecule has 0 radical (unpaired) electrons. The van der Waals surface area contributed by atoms with Crippen LogP contribution >= 0.6 is 0 Å². The Balaban J connectivity index is 1.58. The van der Waals surface area contributed by atoms with E-state index in [9.17, 15) is 4.79 Å². The van der Waals surface area contributed by atoms with E-state index in [0.717, 1.165) is 49.9 Å². The molecule has 1 aliphatic carbocycles. The number of nitrogens with two attached hydrogens (primary N) is 1. The molecule has 0 aromatic heterocycles. The maximum absolute atomic E-state index is 12.3. The van der Waals surface area contributed by atoms with Gasteiger partial charge in [0, 0.05) is 31.1 Å². The van der Waals surface area contributed by atoms with Gasteiger partial charge in [0.25, 0.3) is 0 Å². The lowest BCUT2D eigenvalue weighted by Crippen LogP contribution is -2.34. The van der Waals surface area contributed by atoms with Gasteiger partial charge < -0.3 is 10.6 Å². The topological polar surface area (TPSA) is 46.3 Å². The van der Waals surface area contributed by atoms with Crippen LogP contribution in [0.5, 0.6) is 0 Å². The zero-order valence-electron chi connectivity index (χ0n) is 16.0. The van der Waals surface area contributed by atoms with Crippen LogP contribution in [-0.4, -0.2) is 36.9 Å². The van der Waals surface area contributed by atoms with E-state index in [-0.39, 0.29) is 11.7 Å². The first-order valence-corrected chi connectivity index (χ1v) is 10.1. The Morgan fingerprint density at radius 3 is 2.36 bits per heavy atom. The Morgan fingerprint density at radius 1 is 1.08 bits per heavy atom. The quantitative estimate of drug-likeness (QED) is 0.830. The predicted octanol–water partition coefficient (Wildman–Crippen LogP) is 3.69. The Morgan fingerprint density at radius 2 is 1.72 bits per heavy atom. The standard InChI is InChI=1S/C22H34N2O/c1-16(2)22(25)21-8-7-19-9-11-24(12-10-20(19)13-21)15-18-5-3-17(14-23)4-6-18/h7-8,13,16-18H,3-6,9-12,14-15,23H2,1-2H3. The number of Topliss-reactive ketones (excluding diaryl/α,β-unsaturated/α-hetero) is 1. The van der Waals surface area contributed by atoms with Crippen molar-refractivity contribution in [2.24, 2.45) is 23.5 Å². The number of fused-ring (bicyclic) bond motifs is 1. The maximum Gasteiger partial charge on any atom is 0.165 e. The summed E-state index contributed by atoms with van der Waals surface area (Å²) >= 11 is 0. The van der Waals surface area contributed by atoms with Gasteiger partial charge in [-0.05, 0) is 74.1 Å². The molecule has 0 atom stereocenters. The van der Waals surface area contributed by atoms with E-state index in [4.69, 9.17) is 5.73 Å². The zero-order chi connectivity index (χ0) is 17.8. The molecule has 0 unspecified atom stereocenters. The van der Waals surface area contributed by atoms with Crippen molar-refractivity contribution >= 4 is 5.78 Å². The largest absolute Gasteiger partial charge is 0.330 e. The number of carbonyl (C=O) groups is 1. The van der Waals surface area contributed by atoms with Gasteiger partial charge in [0.2, 0.25) is 0 Å². The molecule has 1 heterocycles. The summed E-state index contributed by atoms with van der Waals surface area (Å²) in [5.74, 6) is 1.95. The van der Waals surface area contributed by atoms with Crippen molar-refractivity contribution in [3.8, 4) is 0 Å². The van der Waals surface area contributed by atoms with Crippen molar-refractivity contribution < 1.29 is 4.79 Å². The highest BCUT2D eigenvalue weighted by Crippen LogP contribution is 2.29. The van der Waals surface area contributed by atoms with Crippen LogP contribution < -0.4 is 5.73 Å². The number of hydrogen-bond donors (Lipinski definition) is 1. The fraction of sp³-hybridized carbons (Fsp3) is 0.682. The lowest BCUT2D eigenvalue weighted by atomic mass is 9.82. The number of benzene rings is 1. The number of ketones is 1. The van der Waals surface area contributed by atoms with Crippen molar-refractivity contribution in [2.75, 3.05) is 26.2 Å². The van der Waals surface area contributed by atoms with Crippen LogP contribution in [0.3, 0.4) is 0 Å². The van der Waals surface area contributed by atoms with Crippen LogP contribution in [0.25, 0.3) is 0 Å². The van der Waals surface area contributed by atoms with Crippen molar-refractivity contribution in [3.63, 3.8) is 0 Å². The number of rotatable bonds is 5. The van der Waals surface area contributed by atoms with Crippen molar-refractivity contribution in [3.05, 3.63) is 34.9 Å². The van der Waals surface area contributed by atoms with Crippen LogP contribution in [0.2, 0.25) is 0 Å². The van der Waals surface area contributed by atoms with Crippen LogP contribution in [0.15, 0.2) is 18.2 Å². The minimum absolute atomic E-state index is 0.0731. The summed E-state index contributed by atoms with van der Waals surface area (Å²) < 4.78 is 0. The molecule has 138 valence electrons. The fourth-order valence-electron chi connectivity index (χ4n) is 4.46. The molecule has 2 N–H and O–H groups in total. The monoisotopic (exact) mass is 342 g/mol. The lowest BCUT2D eigenvalue weighted by Gasteiger charge is -2.31. The minimum atomic E-state index is 0.0731. The first-order chi connectivity index (χ1) is 12.1. The molecule has 3 heteroatoms. The summed E-state index contributed by atoms with van der Waals surface area (Å²) in [6, 6.07) is 6.39. The minimum Gasteiger partial charge on any atom is -0.330 e. The zero-order valence-corrected chi connectivity index (χ0v) is 16.0. The fourth-order valence-corrected chi connectivity index (χ4v) is 4.46. The van der Waals surface area contributed by atoms with E-state index in [1.807, 2.05) is 19.9 Å². The first kappa shape index (κ1) is 18.6. The van der Waals surface area contributed by atoms with Gasteiger partial charge >= 0.3 is 0 Å². The van der Waals surface area contributed by atoms with Crippen molar-refractivity contribution in [1.29, 1.82) is 0 Å². The third-order valence-corrected chi connectivity index (χ3v) is 6.23. The summed E-state index contributed by atoms with van der Waals surface area (Å²) in [5.41, 5.74) is 9.54. The highest BCUT2D eigenvalue weighted by Gasteiger charge is 2.23. The Labute approximate surface area is 153 Å². The van der Waals surface area contributed by atoms with E-state index < -0.39 is 0 Å². The summed E-state index contributed by atoms with van der Waals surface area (Å²) in [6.07, 6.45) is 7.51. The average Bonchev–Trinajstić information content (AvgIpc) is 2.83. The van der Waals surface area contributed by atoms with Crippen molar-refractivity contribution in [1.82, 2.24) is 4.90 Å². The van der Waals surface area contributed by atoms with E-state index >= 15 is 0 Å². The smallest absolute Gasteiger partial charge is 0.165 e. The molecule has 0 amide bonds. The summed E-state index contributed by atoms with van der Waals surface area (Å²) in [5, 5.41) is 0. The Kier molecular flexibility index (Phi) is 6.29. The second kappa shape index (κ2) is 8.46. The van der Waals surface area contributed by atoms with Gasteiger partial charge in [0.05, 0.1) is 0 Å². The normalized spacial score (nSPS) is 24.8. The maximum atomic E-state index is 12.3. The first-order valence-electron chi connectivity index (χ1n) is 10.1. The molecule has 2 aliphatic rings. The van der Waals surface area contributed by atoms with Gasteiger partial charge in [0.1, 0.15) is 0 Å². The van der Waals surface area contributed by atoms with Gasteiger partial charge in [-0.1, -0.05) is 26.0 Å². The van der Waals surface area contributed by atoms with Gasteiger partial charge in [0.15, 0.2) is 5.78 Å². The molecule has 1 saturated carbocycles. The summed E-state index contributed by atoms with van der Waals surface area (Å²) in [6.45, 7) is 8.35. The molecule has 0 spiro atoms. The van der Waals surface area contributed by atoms with E-state index in [0.29, 0.717) is 0 Å². The molecule has 0 saturated heterocycles. The van der Waals surface area contributed by atoms with E-state index in [1.165, 1.54) is 43.4 Å². The van der Waals surface area contributed by atoms with E-state index in [2.05, 4.69) is 17.0 Å². The van der Waals surface area contributed by atoms with Gasteiger partial charge in [-0.2, -0.15) is 0 Å². The third-order valence-electron chi connectivity index (χ3n) is 6.23. The van der Waals surface area contributed by atoms with Crippen LogP contribution in [0.1, 0.15) is 61.0 Å². The van der Waals surface area contributed by atoms with Gasteiger partial charge in [-0.3, -0.25) is 4.79 Å². The molecule has 25 heavy (non-hydrogen) atoms. The Bertz CT molecular complexity index is 588. The predicted molar refractivity (Wildman–Crippen MR) is 104 cm³/mol. The van der Waals surface area contributed by atoms with Crippen LogP contribution in [0.4, 0.5) is 0 Å². The third kappa shape index (κ3) is 4.71. The second-order valence-electron chi connectivity index (χ2n) is 8.43. The summed E-state index contributed by atoms with van der Waals surface area (Å²) in [4.78, 5) is 14.9. The van der Waals surface area contributed by atoms with Crippen molar-refractivity contribution in [2.45, 2.75) is 52.4 Å². The number of carbonyl (C=O) groups excluding carboxylic acids is 1. The molecule has 3 nitrogen and oxygen atoms in total. The van der Waals surface area contributed by atoms with Crippen LogP contribution in [0, 0.1) is 17.8 Å². The molecule has 1 aliphatic heterocycles. The molecule has 1 aromatic carbocycles. The second-order valence-corrected chi connectivity index (χ2v) is 8.43. The molecule has 3 rings (SSSR count). The molecule has 1 fully saturated rings. The molecule has 1 aromatic rings.